The summed E-state index contributed by atoms with van der Waals surface area (Å²) in [5.41, 5.74) is 3.00. The molecular formula is C25H22N6O2. The smallest absolute Gasteiger partial charge is 0.320 e. The summed E-state index contributed by atoms with van der Waals surface area (Å²) < 4.78 is 9.82. The third-order valence-electron chi connectivity index (χ3n) is 5.91. The summed E-state index contributed by atoms with van der Waals surface area (Å²) in [6.45, 7) is 2.61. The number of nitrogens with one attached hydrogen (secondary N) is 1. The zero-order valence-corrected chi connectivity index (χ0v) is 18.1. The summed E-state index contributed by atoms with van der Waals surface area (Å²) in [5, 5.41) is 6.04. The molecule has 6 rings (SSSR count). The van der Waals surface area contributed by atoms with Crippen LogP contribution in [0, 0.1) is 0 Å². The third-order valence-corrected chi connectivity index (χ3v) is 5.91. The van der Waals surface area contributed by atoms with Gasteiger partial charge in [-0.2, -0.15) is 4.98 Å². The number of hydrogen-bond donors (Lipinski definition) is 1. The van der Waals surface area contributed by atoms with Crippen molar-refractivity contribution in [2.45, 2.75) is 32.2 Å². The van der Waals surface area contributed by atoms with E-state index in [1.807, 2.05) is 49.6 Å². The van der Waals surface area contributed by atoms with Gasteiger partial charge < -0.3 is 14.3 Å². The monoisotopic (exact) mass is 438 g/mol. The van der Waals surface area contributed by atoms with Crippen LogP contribution in [0.1, 0.15) is 31.4 Å². The Morgan fingerprint density at radius 3 is 2.76 bits per heavy atom. The molecule has 0 radical (unpaired) electrons. The fourth-order valence-corrected chi connectivity index (χ4v) is 3.92. The normalized spacial score (nSPS) is 13.5. The maximum Gasteiger partial charge on any atom is 0.320 e. The van der Waals surface area contributed by atoms with E-state index in [0.29, 0.717) is 35.4 Å². The van der Waals surface area contributed by atoms with Crippen LogP contribution in [0.2, 0.25) is 0 Å². The number of fused-ring (bicyclic) bond motifs is 1. The van der Waals surface area contributed by atoms with Gasteiger partial charge in [-0.3, -0.25) is 4.79 Å². The average molecular weight is 438 g/mol. The summed E-state index contributed by atoms with van der Waals surface area (Å²) in [5.74, 6) is 1.83. The Morgan fingerprint density at radius 1 is 1.12 bits per heavy atom. The maximum absolute atomic E-state index is 11.9. The summed E-state index contributed by atoms with van der Waals surface area (Å²) >= 11 is 0. The molecule has 1 N–H and O–H groups in total. The minimum absolute atomic E-state index is 0.124. The fourth-order valence-electron chi connectivity index (χ4n) is 3.92. The topological polar surface area (TPSA) is 90.6 Å². The largest absolute Gasteiger partial charge is 0.424 e. The van der Waals surface area contributed by atoms with E-state index in [1.165, 1.54) is 18.5 Å². The molecule has 0 bridgehead atoms. The molecule has 8 nitrogen and oxygen atoms in total. The molecule has 3 aromatic heterocycles. The molecule has 1 aliphatic rings. The third kappa shape index (κ3) is 3.69. The van der Waals surface area contributed by atoms with E-state index in [2.05, 4.69) is 30.8 Å². The Labute approximate surface area is 189 Å². The molecule has 0 spiro atoms. The van der Waals surface area contributed by atoms with Crippen molar-refractivity contribution in [3.63, 3.8) is 0 Å². The summed E-state index contributed by atoms with van der Waals surface area (Å²) in [6, 6.07) is 15.7. The van der Waals surface area contributed by atoms with Crippen molar-refractivity contribution in [3.05, 3.63) is 83.3 Å². The predicted molar refractivity (Wildman–Crippen MR) is 125 cm³/mol. The second-order valence-corrected chi connectivity index (χ2v) is 8.22. The molecule has 1 fully saturated rings. The number of nitrogens with zero attached hydrogens (tertiary/aromatic N) is 5. The summed E-state index contributed by atoms with van der Waals surface area (Å²) in [7, 11) is 0. The lowest BCUT2D eigenvalue weighted by Gasteiger charge is -2.06. The number of benzene rings is 2. The van der Waals surface area contributed by atoms with Crippen LogP contribution in [0.5, 0.6) is 11.8 Å². The minimum atomic E-state index is -0.124. The van der Waals surface area contributed by atoms with Crippen molar-refractivity contribution < 1.29 is 4.74 Å². The van der Waals surface area contributed by atoms with Gasteiger partial charge in [-0.25, -0.2) is 9.67 Å². The van der Waals surface area contributed by atoms with Gasteiger partial charge in [0.05, 0.1) is 12.0 Å². The fraction of sp³-hybridized carbons (Fsp3) is 0.200. The van der Waals surface area contributed by atoms with Crippen LogP contribution >= 0.6 is 0 Å². The van der Waals surface area contributed by atoms with Crippen molar-refractivity contribution in [1.29, 1.82) is 0 Å². The zero-order valence-electron chi connectivity index (χ0n) is 18.1. The van der Waals surface area contributed by atoms with Crippen molar-refractivity contribution in [1.82, 2.24) is 29.3 Å². The molecule has 8 heteroatoms. The standard InChI is InChI=1S/C25H22N6O2/c1-2-31-25(33-20-9-10-21-18(13-20)11-12-26-24(21)32)28-23(29-31)17-5-7-19(8-6-17)30-14-22(27-15-30)16-3-4-16/h5-16H,2-4H2,1H3,(H,26,32). The Balaban J connectivity index is 1.26. The first kappa shape index (κ1) is 19.5. The van der Waals surface area contributed by atoms with E-state index in [-0.39, 0.29) is 5.56 Å². The van der Waals surface area contributed by atoms with E-state index < -0.39 is 0 Å². The van der Waals surface area contributed by atoms with E-state index in [0.717, 1.165) is 16.6 Å². The highest BCUT2D eigenvalue weighted by Crippen LogP contribution is 2.39. The van der Waals surface area contributed by atoms with Crippen LogP contribution in [0.25, 0.3) is 27.8 Å². The molecule has 33 heavy (non-hydrogen) atoms. The van der Waals surface area contributed by atoms with Gasteiger partial charge in [0.15, 0.2) is 5.82 Å². The molecule has 2 aromatic carbocycles. The molecule has 1 saturated carbocycles. The molecular weight excluding hydrogens is 416 g/mol. The molecule has 0 amide bonds. The molecule has 5 aromatic rings. The highest BCUT2D eigenvalue weighted by atomic mass is 16.5. The molecule has 1 aliphatic carbocycles. The van der Waals surface area contributed by atoms with Gasteiger partial charge in [-0.1, -0.05) is 0 Å². The first-order valence-electron chi connectivity index (χ1n) is 11.1. The number of aromatic amines is 1. The zero-order chi connectivity index (χ0) is 22.4. The van der Waals surface area contributed by atoms with E-state index in [9.17, 15) is 4.79 Å². The molecule has 164 valence electrons. The number of hydrogen-bond acceptors (Lipinski definition) is 5. The molecule has 0 saturated heterocycles. The van der Waals surface area contributed by atoms with E-state index in [4.69, 9.17) is 4.74 Å². The molecule has 3 heterocycles. The SMILES string of the molecule is CCn1nc(-c2ccc(-n3cnc(C4CC4)c3)cc2)nc1Oc1ccc2c(=O)[nH]ccc2c1. The molecule has 0 atom stereocenters. The summed E-state index contributed by atoms with van der Waals surface area (Å²) in [6.07, 6.45) is 8.09. The highest BCUT2D eigenvalue weighted by Gasteiger charge is 2.25. The van der Waals surface area contributed by atoms with Gasteiger partial charge in [0, 0.05) is 41.5 Å². The number of ether oxygens (including phenoxy) is 1. The van der Waals surface area contributed by atoms with Gasteiger partial charge in [0.1, 0.15) is 5.75 Å². The van der Waals surface area contributed by atoms with Crippen molar-refractivity contribution in [2.75, 3.05) is 0 Å². The minimum Gasteiger partial charge on any atom is -0.424 e. The maximum atomic E-state index is 11.9. The number of aryl methyl sites for hydroxylation is 1. The highest BCUT2D eigenvalue weighted by molar-refractivity contribution is 5.82. The Hall–Kier alpha value is -4.20. The van der Waals surface area contributed by atoms with Crippen molar-refractivity contribution in [3.8, 4) is 28.8 Å². The quantitative estimate of drug-likeness (QED) is 0.416. The van der Waals surface area contributed by atoms with Crippen molar-refractivity contribution >= 4 is 10.8 Å². The first-order chi connectivity index (χ1) is 16.2. The van der Waals surface area contributed by atoms with Gasteiger partial charge in [-0.15, -0.1) is 5.10 Å². The molecule has 0 unspecified atom stereocenters. The Bertz CT molecular complexity index is 1510. The van der Waals surface area contributed by atoms with Crippen LogP contribution in [0.15, 0.2) is 72.0 Å². The van der Waals surface area contributed by atoms with Crippen LogP contribution < -0.4 is 10.3 Å². The molecule has 0 aliphatic heterocycles. The number of aromatic nitrogens is 6. The first-order valence-corrected chi connectivity index (χ1v) is 11.1. The lowest BCUT2D eigenvalue weighted by Crippen LogP contribution is -2.04. The van der Waals surface area contributed by atoms with Gasteiger partial charge in [0.25, 0.3) is 5.56 Å². The van der Waals surface area contributed by atoms with Gasteiger partial charge in [0.2, 0.25) is 0 Å². The summed E-state index contributed by atoms with van der Waals surface area (Å²) in [4.78, 5) is 23.8. The number of H-pyrrole nitrogens is 1. The van der Waals surface area contributed by atoms with Crippen molar-refractivity contribution in [2.24, 2.45) is 0 Å². The Morgan fingerprint density at radius 2 is 1.97 bits per heavy atom. The number of pyridine rings is 1. The van der Waals surface area contributed by atoms with Crippen LogP contribution in [0.4, 0.5) is 0 Å². The van der Waals surface area contributed by atoms with E-state index >= 15 is 0 Å². The van der Waals surface area contributed by atoms with Crippen LogP contribution in [0.3, 0.4) is 0 Å². The predicted octanol–water partition coefficient (Wildman–Crippen LogP) is 4.66. The van der Waals surface area contributed by atoms with E-state index in [1.54, 1.807) is 23.0 Å². The lowest BCUT2D eigenvalue weighted by atomic mass is 10.2. The van der Waals surface area contributed by atoms with Crippen LogP contribution in [-0.2, 0) is 6.54 Å². The van der Waals surface area contributed by atoms with Gasteiger partial charge in [-0.05, 0) is 73.7 Å². The van der Waals surface area contributed by atoms with Crippen LogP contribution in [-0.4, -0.2) is 29.3 Å². The second-order valence-electron chi connectivity index (χ2n) is 8.22. The lowest BCUT2D eigenvalue weighted by molar-refractivity contribution is 0.402. The average Bonchev–Trinajstić information content (AvgIpc) is 3.43. The van der Waals surface area contributed by atoms with Gasteiger partial charge >= 0.3 is 6.01 Å². The number of imidazole rings is 1. The Kier molecular flexibility index (Phi) is 4.57. The second kappa shape index (κ2) is 7.74. The number of rotatable bonds is 6.